The highest BCUT2D eigenvalue weighted by Crippen LogP contribution is 2.30. The first-order valence-corrected chi connectivity index (χ1v) is 9.78. The zero-order chi connectivity index (χ0) is 21.5. The fourth-order valence-corrected chi connectivity index (χ4v) is 2.84. The number of rotatable bonds is 8. The monoisotopic (exact) mass is 406 g/mol. The molecule has 7 nitrogen and oxygen atoms in total. The number of benzene rings is 2. The summed E-state index contributed by atoms with van der Waals surface area (Å²) in [5.41, 5.74) is 2.77. The number of carbonyl (C=O) groups is 1. The SMILES string of the molecule is CC[C@H](C)Nc1nc(Nc2cc(C(=O)OC)ccc2OC)cc(-c2ccccc2)n1. The second-order valence-electron chi connectivity index (χ2n) is 6.81. The van der Waals surface area contributed by atoms with Crippen LogP contribution in [0.3, 0.4) is 0 Å². The van der Waals surface area contributed by atoms with Crippen LogP contribution >= 0.6 is 0 Å². The number of esters is 1. The van der Waals surface area contributed by atoms with Crippen molar-refractivity contribution in [3.63, 3.8) is 0 Å². The van der Waals surface area contributed by atoms with Gasteiger partial charge in [0.25, 0.3) is 0 Å². The summed E-state index contributed by atoms with van der Waals surface area (Å²) in [6.07, 6.45) is 0.941. The second kappa shape index (κ2) is 9.73. The van der Waals surface area contributed by atoms with Gasteiger partial charge < -0.3 is 20.1 Å². The van der Waals surface area contributed by atoms with Gasteiger partial charge in [-0.1, -0.05) is 37.3 Å². The van der Waals surface area contributed by atoms with Crippen LogP contribution in [0.1, 0.15) is 30.6 Å². The van der Waals surface area contributed by atoms with Crippen molar-refractivity contribution in [1.29, 1.82) is 0 Å². The van der Waals surface area contributed by atoms with E-state index in [1.165, 1.54) is 7.11 Å². The first-order valence-electron chi connectivity index (χ1n) is 9.78. The summed E-state index contributed by atoms with van der Waals surface area (Å²) in [7, 11) is 2.92. The molecule has 3 rings (SSSR count). The Morgan fingerprint density at radius 3 is 2.50 bits per heavy atom. The third kappa shape index (κ3) is 5.05. The molecule has 7 heteroatoms. The van der Waals surface area contributed by atoms with E-state index >= 15 is 0 Å². The van der Waals surface area contributed by atoms with E-state index in [1.807, 2.05) is 36.4 Å². The smallest absolute Gasteiger partial charge is 0.337 e. The molecule has 1 atom stereocenters. The predicted octanol–water partition coefficient (Wildman–Crippen LogP) is 4.89. The van der Waals surface area contributed by atoms with E-state index in [0.29, 0.717) is 28.8 Å². The second-order valence-corrected chi connectivity index (χ2v) is 6.81. The number of nitrogens with zero attached hydrogens (tertiary/aromatic N) is 2. The molecule has 0 fully saturated rings. The summed E-state index contributed by atoms with van der Waals surface area (Å²) in [5.74, 6) is 1.26. The van der Waals surface area contributed by atoms with Gasteiger partial charge in [-0.2, -0.15) is 4.98 Å². The van der Waals surface area contributed by atoms with E-state index in [9.17, 15) is 4.79 Å². The van der Waals surface area contributed by atoms with Crippen LogP contribution in [0.5, 0.6) is 5.75 Å². The maximum absolute atomic E-state index is 11.9. The van der Waals surface area contributed by atoms with E-state index in [0.717, 1.165) is 17.7 Å². The summed E-state index contributed by atoms with van der Waals surface area (Å²) in [6.45, 7) is 4.18. The van der Waals surface area contributed by atoms with E-state index < -0.39 is 5.97 Å². The van der Waals surface area contributed by atoms with Gasteiger partial charge in [0.2, 0.25) is 5.95 Å². The molecule has 0 aliphatic carbocycles. The highest BCUT2D eigenvalue weighted by atomic mass is 16.5. The third-order valence-electron chi connectivity index (χ3n) is 4.67. The van der Waals surface area contributed by atoms with Crippen LogP contribution in [0, 0.1) is 0 Å². The largest absolute Gasteiger partial charge is 0.495 e. The Labute approximate surface area is 176 Å². The Morgan fingerprint density at radius 1 is 1.07 bits per heavy atom. The average molecular weight is 406 g/mol. The van der Waals surface area contributed by atoms with Gasteiger partial charge in [-0.15, -0.1) is 0 Å². The normalized spacial score (nSPS) is 11.5. The molecule has 0 saturated heterocycles. The molecule has 0 unspecified atom stereocenters. The highest BCUT2D eigenvalue weighted by Gasteiger charge is 2.13. The van der Waals surface area contributed by atoms with Gasteiger partial charge in [-0.3, -0.25) is 0 Å². The third-order valence-corrected chi connectivity index (χ3v) is 4.67. The minimum absolute atomic E-state index is 0.223. The zero-order valence-electron chi connectivity index (χ0n) is 17.6. The molecule has 0 spiro atoms. The molecule has 2 N–H and O–H groups in total. The highest BCUT2D eigenvalue weighted by molar-refractivity contribution is 5.91. The van der Waals surface area contributed by atoms with Gasteiger partial charge in [0.15, 0.2) is 0 Å². The maximum atomic E-state index is 11.9. The molecular formula is C23H26N4O3. The number of hydrogen-bond acceptors (Lipinski definition) is 7. The van der Waals surface area contributed by atoms with Crippen LogP contribution in [0.25, 0.3) is 11.3 Å². The molecule has 0 aliphatic heterocycles. The lowest BCUT2D eigenvalue weighted by molar-refractivity contribution is 0.0600. The number of carbonyl (C=O) groups excluding carboxylic acids is 1. The van der Waals surface area contributed by atoms with Crippen LogP contribution < -0.4 is 15.4 Å². The van der Waals surface area contributed by atoms with Gasteiger partial charge in [0, 0.05) is 17.7 Å². The van der Waals surface area contributed by atoms with E-state index in [2.05, 4.69) is 34.4 Å². The average Bonchev–Trinajstić information content (AvgIpc) is 2.78. The molecule has 2 aromatic carbocycles. The minimum atomic E-state index is -0.424. The van der Waals surface area contributed by atoms with Crippen molar-refractivity contribution in [2.24, 2.45) is 0 Å². The van der Waals surface area contributed by atoms with Crippen molar-refractivity contribution in [2.45, 2.75) is 26.3 Å². The lowest BCUT2D eigenvalue weighted by Crippen LogP contribution is -2.16. The van der Waals surface area contributed by atoms with Crippen LogP contribution in [-0.4, -0.2) is 36.2 Å². The molecule has 0 radical (unpaired) electrons. The molecule has 1 aromatic heterocycles. The fourth-order valence-electron chi connectivity index (χ4n) is 2.84. The number of ether oxygens (including phenoxy) is 2. The van der Waals surface area contributed by atoms with Gasteiger partial charge in [-0.25, -0.2) is 9.78 Å². The minimum Gasteiger partial charge on any atom is -0.495 e. The van der Waals surface area contributed by atoms with E-state index in [-0.39, 0.29) is 6.04 Å². The standard InChI is InChI=1S/C23H26N4O3/c1-5-15(2)24-23-26-18(16-9-7-6-8-10-16)14-21(27-23)25-19-13-17(22(28)30-4)11-12-20(19)29-3/h6-15H,5H2,1-4H3,(H2,24,25,26,27)/t15-/m0/s1. The Morgan fingerprint density at radius 2 is 1.83 bits per heavy atom. The van der Waals surface area contributed by atoms with E-state index in [4.69, 9.17) is 9.47 Å². The van der Waals surface area contributed by atoms with Crippen molar-refractivity contribution >= 4 is 23.4 Å². The first-order chi connectivity index (χ1) is 14.5. The topological polar surface area (TPSA) is 85.4 Å². The van der Waals surface area contributed by atoms with Crippen molar-refractivity contribution in [1.82, 2.24) is 9.97 Å². The molecule has 0 aliphatic rings. The first kappa shape index (κ1) is 21.1. The fraction of sp³-hybridized carbons (Fsp3) is 0.261. The van der Waals surface area contributed by atoms with Gasteiger partial charge in [-0.05, 0) is 31.5 Å². The summed E-state index contributed by atoms with van der Waals surface area (Å²) in [5, 5.41) is 6.59. The van der Waals surface area contributed by atoms with Crippen molar-refractivity contribution in [3.8, 4) is 17.0 Å². The van der Waals surface area contributed by atoms with Gasteiger partial charge >= 0.3 is 5.97 Å². The van der Waals surface area contributed by atoms with E-state index in [1.54, 1.807) is 25.3 Å². The van der Waals surface area contributed by atoms with Crippen molar-refractivity contribution in [3.05, 3.63) is 60.2 Å². The zero-order valence-corrected chi connectivity index (χ0v) is 17.6. The molecular weight excluding hydrogens is 380 g/mol. The molecule has 1 heterocycles. The number of hydrogen-bond donors (Lipinski definition) is 2. The number of aromatic nitrogens is 2. The van der Waals surface area contributed by atoms with Crippen LogP contribution in [0.4, 0.5) is 17.5 Å². The lowest BCUT2D eigenvalue weighted by atomic mass is 10.1. The summed E-state index contributed by atoms with van der Waals surface area (Å²) in [4.78, 5) is 21.2. The molecule has 156 valence electrons. The molecule has 3 aromatic rings. The van der Waals surface area contributed by atoms with Gasteiger partial charge in [0.1, 0.15) is 11.6 Å². The molecule has 0 bridgehead atoms. The van der Waals surface area contributed by atoms with Crippen molar-refractivity contribution < 1.29 is 14.3 Å². The molecule has 30 heavy (non-hydrogen) atoms. The Hall–Kier alpha value is -3.61. The van der Waals surface area contributed by atoms with Crippen molar-refractivity contribution in [2.75, 3.05) is 24.9 Å². The molecule has 0 amide bonds. The Bertz CT molecular complexity index is 1010. The number of nitrogens with one attached hydrogen (secondary N) is 2. The predicted molar refractivity (Wildman–Crippen MR) is 118 cm³/mol. The lowest BCUT2D eigenvalue weighted by Gasteiger charge is -2.16. The van der Waals surface area contributed by atoms with Crippen LogP contribution in [0.15, 0.2) is 54.6 Å². The van der Waals surface area contributed by atoms with Crippen LogP contribution in [-0.2, 0) is 4.74 Å². The quantitative estimate of drug-likeness (QED) is 0.515. The Balaban J connectivity index is 2.02. The Kier molecular flexibility index (Phi) is 6.85. The van der Waals surface area contributed by atoms with Crippen LogP contribution in [0.2, 0.25) is 0 Å². The summed E-state index contributed by atoms with van der Waals surface area (Å²) < 4.78 is 10.3. The number of methoxy groups -OCH3 is 2. The number of anilines is 3. The molecule has 0 saturated carbocycles. The maximum Gasteiger partial charge on any atom is 0.337 e. The summed E-state index contributed by atoms with van der Waals surface area (Å²) >= 11 is 0. The van der Waals surface area contributed by atoms with Gasteiger partial charge in [0.05, 0.1) is 31.2 Å². The summed E-state index contributed by atoms with van der Waals surface area (Å²) in [6, 6.07) is 17.0.